The van der Waals surface area contributed by atoms with Gasteiger partial charge in [0.15, 0.2) is 16.8 Å². The highest BCUT2D eigenvalue weighted by Crippen LogP contribution is 2.25. The lowest BCUT2D eigenvalue weighted by Crippen LogP contribution is -2.43. The number of anilines is 1. The average molecular weight is 443 g/mol. The summed E-state index contributed by atoms with van der Waals surface area (Å²) in [6, 6.07) is -0.771. The van der Waals surface area contributed by atoms with Crippen LogP contribution in [0, 0.1) is 11.6 Å². The van der Waals surface area contributed by atoms with Crippen LogP contribution in [0.2, 0.25) is 5.15 Å². The van der Waals surface area contributed by atoms with E-state index in [-0.39, 0.29) is 0 Å². The molecule has 0 fully saturated rings. The lowest BCUT2D eigenvalue weighted by atomic mass is 10.2. The van der Waals surface area contributed by atoms with Crippen molar-refractivity contribution in [2.45, 2.75) is 30.7 Å². The quantitative estimate of drug-likeness (QED) is 0.531. The van der Waals surface area contributed by atoms with E-state index < -0.39 is 61.0 Å². The molecule has 0 spiro atoms. The molecule has 0 aliphatic heterocycles. The maximum atomic E-state index is 14.6. The topological polar surface area (TPSA) is 93.1 Å². The summed E-state index contributed by atoms with van der Waals surface area (Å²) in [6.07, 6.45) is 1.83. The number of hydrogen-bond donors (Lipinski definition) is 2. The van der Waals surface area contributed by atoms with Crippen LogP contribution in [-0.4, -0.2) is 35.8 Å². The van der Waals surface area contributed by atoms with E-state index >= 15 is 0 Å². The highest BCUT2D eigenvalue weighted by atomic mass is 35.5. The molecule has 0 aliphatic carbocycles. The fourth-order valence-corrected chi connectivity index (χ4v) is 3.70. The molecule has 0 saturated heterocycles. The Hall–Kier alpha value is -2.18. The van der Waals surface area contributed by atoms with E-state index in [0.717, 1.165) is 37.0 Å². The Bertz CT molecular complexity index is 1020. The molecular formula is C15H15ClF4N4O3S. The second-order valence-corrected chi connectivity index (χ2v) is 8.02. The summed E-state index contributed by atoms with van der Waals surface area (Å²) >= 11 is 5.49. The van der Waals surface area contributed by atoms with Crippen LogP contribution in [0.3, 0.4) is 0 Å². The third-order valence-corrected chi connectivity index (χ3v) is 5.57. The molecule has 2 aromatic heterocycles. The molecule has 1 atom stereocenters. The number of halogens is 5. The lowest BCUT2D eigenvalue weighted by Gasteiger charge is -2.20. The summed E-state index contributed by atoms with van der Waals surface area (Å²) in [5, 5.41) is 1.51. The van der Waals surface area contributed by atoms with Gasteiger partial charge in [0.25, 0.3) is 11.8 Å². The molecule has 0 bridgehead atoms. The maximum Gasteiger partial charge on any atom is 0.275 e. The van der Waals surface area contributed by atoms with Crippen LogP contribution in [0.5, 0.6) is 0 Å². The summed E-state index contributed by atoms with van der Waals surface area (Å²) in [6.45, 7) is 1.40. The zero-order valence-electron chi connectivity index (χ0n) is 14.7. The molecule has 1 amide bonds. The minimum absolute atomic E-state index is 0.410. The normalized spacial score (nSPS) is 13.4. The van der Waals surface area contributed by atoms with Crippen molar-refractivity contribution in [2.75, 3.05) is 5.32 Å². The summed E-state index contributed by atoms with van der Waals surface area (Å²) in [7, 11) is -3.55. The van der Waals surface area contributed by atoms with Crippen molar-refractivity contribution < 1.29 is 30.8 Å². The third kappa shape index (κ3) is 4.45. The van der Waals surface area contributed by atoms with Gasteiger partial charge in [0, 0.05) is 26.4 Å². The summed E-state index contributed by atoms with van der Waals surface area (Å²) in [5.41, 5.74) is -1.17. The first-order chi connectivity index (χ1) is 12.8. The zero-order chi connectivity index (χ0) is 21.4. The Labute approximate surface area is 162 Å². The molecular weight excluding hydrogens is 428 g/mol. The van der Waals surface area contributed by atoms with Crippen molar-refractivity contribution in [3.8, 4) is 0 Å². The van der Waals surface area contributed by atoms with Gasteiger partial charge in [-0.1, -0.05) is 11.6 Å². The van der Waals surface area contributed by atoms with Crippen molar-refractivity contribution in [3.63, 3.8) is 0 Å². The van der Waals surface area contributed by atoms with Crippen LogP contribution in [0.4, 0.5) is 23.2 Å². The van der Waals surface area contributed by atoms with Gasteiger partial charge in [0.1, 0.15) is 10.6 Å². The summed E-state index contributed by atoms with van der Waals surface area (Å²) in [5.74, 6) is -7.15. The number of alkyl halides is 2. The smallest absolute Gasteiger partial charge is 0.275 e. The number of pyridine rings is 1. The molecule has 0 aromatic carbocycles. The number of amides is 1. The van der Waals surface area contributed by atoms with Crippen molar-refractivity contribution in [3.05, 3.63) is 40.9 Å². The van der Waals surface area contributed by atoms with E-state index in [0.29, 0.717) is 6.92 Å². The largest absolute Gasteiger partial charge is 0.343 e. The van der Waals surface area contributed by atoms with Gasteiger partial charge < -0.3 is 9.88 Å². The van der Waals surface area contributed by atoms with Crippen LogP contribution >= 0.6 is 11.6 Å². The Morgan fingerprint density at radius 3 is 2.50 bits per heavy atom. The Morgan fingerprint density at radius 1 is 1.32 bits per heavy atom. The Balaban J connectivity index is 2.38. The molecule has 2 aromatic rings. The van der Waals surface area contributed by atoms with E-state index in [9.17, 15) is 30.8 Å². The van der Waals surface area contributed by atoms with Crippen molar-refractivity contribution >= 4 is 33.2 Å². The molecule has 7 nitrogen and oxygen atoms in total. The Morgan fingerprint density at radius 2 is 1.93 bits per heavy atom. The molecule has 154 valence electrons. The van der Waals surface area contributed by atoms with E-state index in [1.165, 1.54) is 0 Å². The van der Waals surface area contributed by atoms with Gasteiger partial charge in [-0.2, -0.15) is 0 Å². The number of carbonyl (C=O) groups is 1. The fraction of sp³-hybridized carbons (Fsp3) is 0.333. The van der Waals surface area contributed by atoms with Gasteiger partial charge >= 0.3 is 0 Å². The lowest BCUT2D eigenvalue weighted by molar-refractivity contribution is -0.00490. The van der Waals surface area contributed by atoms with Gasteiger partial charge in [-0.25, -0.2) is 35.7 Å². The number of nitrogens with zero attached hydrogens (tertiary/aromatic N) is 2. The SMILES string of the molecule is C[C@@H](NS(=O)(=O)c1cn(C)c(C(=O)Nc2ccnc(Cl)c2F)c1F)C(C)(F)F. The Kier molecular flexibility index (Phi) is 6.07. The number of rotatable bonds is 6. The minimum atomic E-state index is -4.71. The van der Waals surface area contributed by atoms with Crippen LogP contribution in [-0.2, 0) is 17.1 Å². The van der Waals surface area contributed by atoms with Crippen LogP contribution in [0.15, 0.2) is 23.4 Å². The van der Waals surface area contributed by atoms with Gasteiger partial charge in [-0.05, 0) is 13.0 Å². The first-order valence-corrected chi connectivity index (χ1v) is 9.48. The van der Waals surface area contributed by atoms with Crippen molar-refractivity contribution in [1.82, 2.24) is 14.3 Å². The summed E-state index contributed by atoms with van der Waals surface area (Å²) in [4.78, 5) is 14.7. The van der Waals surface area contributed by atoms with Gasteiger partial charge in [0.2, 0.25) is 10.0 Å². The van der Waals surface area contributed by atoms with Gasteiger partial charge in [-0.3, -0.25) is 4.79 Å². The van der Waals surface area contributed by atoms with E-state index in [1.54, 1.807) is 4.72 Å². The molecule has 2 N–H and O–H groups in total. The summed E-state index contributed by atoms with van der Waals surface area (Å²) < 4.78 is 81.9. The monoisotopic (exact) mass is 442 g/mol. The van der Waals surface area contributed by atoms with Crippen LogP contribution in [0.1, 0.15) is 24.3 Å². The number of carbonyl (C=O) groups excluding carboxylic acids is 1. The minimum Gasteiger partial charge on any atom is -0.343 e. The molecule has 13 heteroatoms. The fourth-order valence-electron chi connectivity index (χ4n) is 2.11. The number of aromatic nitrogens is 2. The first kappa shape index (κ1) is 22.1. The second kappa shape index (κ2) is 7.68. The standard InChI is InChI=1S/C15H15ClF4N4O3S/c1-7(15(2,19)20)23-28(26,27)9-6-24(3)12(11(9)18)14(25)22-8-4-5-21-13(16)10(8)17/h4-7,23H,1-3H3,(H,21,22,25)/t7-/m1/s1. The molecule has 2 heterocycles. The van der Waals surface area contributed by atoms with E-state index in [2.05, 4.69) is 4.98 Å². The predicted molar refractivity (Wildman–Crippen MR) is 92.9 cm³/mol. The molecule has 0 unspecified atom stereocenters. The zero-order valence-corrected chi connectivity index (χ0v) is 16.3. The maximum absolute atomic E-state index is 14.6. The van der Waals surface area contributed by atoms with E-state index in [4.69, 9.17) is 11.6 Å². The predicted octanol–water partition coefficient (Wildman–Crippen LogP) is 2.93. The van der Waals surface area contributed by atoms with Crippen molar-refractivity contribution in [2.24, 2.45) is 7.05 Å². The first-order valence-electron chi connectivity index (χ1n) is 7.62. The van der Waals surface area contributed by atoms with Gasteiger partial charge in [0.05, 0.1) is 11.7 Å². The number of sulfonamides is 1. The molecule has 28 heavy (non-hydrogen) atoms. The molecule has 0 saturated carbocycles. The van der Waals surface area contributed by atoms with E-state index in [1.807, 2.05) is 5.32 Å². The average Bonchev–Trinajstić information content (AvgIpc) is 2.86. The molecule has 0 radical (unpaired) electrons. The highest BCUT2D eigenvalue weighted by Gasteiger charge is 2.36. The molecule has 2 rings (SSSR count). The van der Waals surface area contributed by atoms with Crippen LogP contribution in [0.25, 0.3) is 0 Å². The van der Waals surface area contributed by atoms with Gasteiger partial charge in [-0.15, -0.1) is 0 Å². The third-order valence-electron chi connectivity index (χ3n) is 3.78. The number of aryl methyl sites for hydroxylation is 1. The number of hydrogen-bond acceptors (Lipinski definition) is 4. The molecule has 0 aliphatic rings. The van der Waals surface area contributed by atoms with Crippen LogP contribution < -0.4 is 10.0 Å². The highest BCUT2D eigenvalue weighted by molar-refractivity contribution is 7.89. The second-order valence-electron chi connectivity index (χ2n) is 5.98. The number of nitrogens with one attached hydrogen (secondary N) is 2. The van der Waals surface area contributed by atoms with Crippen molar-refractivity contribution in [1.29, 1.82) is 0 Å².